The molecular formula is C12H20O. The molecule has 1 heteroatoms. The highest BCUT2D eigenvalue weighted by molar-refractivity contribution is 5.81. The minimum Gasteiger partial charge on any atom is -0.299 e. The fourth-order valence-electron chi connectivity index (χ4n) is 1.97. The lowest BCUT2D eigenvalue weighted by Crippen LogP contribution is -2.17. The molecule has 0 aliphatic heterocycles. The molecule has 1 aliphatic carbocycles. The number of hydrogen-bond donors (Lipinski definition) is 0. The monoisotopic (exact) mass is 180 g/mol. The number of ketones is 1. The molecule has 0 amide bonds. The second kappa shape index (κ2) is 5.21. The van der Waals surface area contributed by atoms with Crippen LogP contribution in [0.5, 0.6) is 0 Å². The lowest BCUT2D eigenvalue weighted by Gasteiger charge is -2.20. The van der Waals surface area contributed by atoms with Crippen molar-refractivity contribution in [1.29, 1.82) is 0 Å². The van der Waals surface area contributed by atoms with Crippen LogP contribution in [0.25, 0.3) is 0 Å². The van der Waals surface area contributed by atoms with Gasteiger partial charge in [-0.2, -0.15) is 0 Å². The molecule has 0 N–H and O–H groups in total. The molecule has 0 aromatic heterocycles. The van der Waals surface area contributed by atoms with Crippen molar-refractivity contribution in [1.82, 2.24) is 0 Å². The van der Waals surface area contributed by atoms with Gasteiger partial charge in [-0.3, -0.25) is 4.79 Å². The van der Waals surface area contributed by atoms with E-state index in [9.17, 15) is 4.79 Å². The van der Waals surface area contributed by atoms with E-state index in [1.807, 2.05) is 6.92 Å². The maximum absolute atomic E-state index is 11.7. The Balaban J connectivity index is 2.25. The molecule has 0 radical (unpaired) electrons. The Hall–Kier alpha value is -0.590. The third-order valence-electron chi connectivity index (χ3n) is 2.86. The Labute approximate surface area is 81.2 Å². The number of allylic oxidation sites excluding steroid dienone is 1. The number of Topliss-reactive ketones (excluding diaryl/α,β-unsaturated/α-hetero) is 1. The van der Waals surface area contributed by atoms with Crippen LogP contribution in [0.3, 0.4) is 0 Å². The number of hydrogen-bond acceptors (Lipinski definition) is 1. The minimum absolute atomic E-state index is 0.382. The van der Waals surface area contributed by atoms with E-state index in [2.05, 4.69) is 6.58 Å². The summed E-state index contributed by atoms with van der Waals surface area (Å²) in [5.74, 6) is 0.857. The number of rotatable bonds is 4. The van der Waals surface area contributed by atoms with Gasteiger partial charge in [-0.15, -0.1) is 6.58 Å². The zero-order valence-corrected chi connectivity index (χ0v) is 8.64. The Morgan fingerprint density at radius 1 is 1.23 bits per heavy atom. The predicted octanol–water partition coefficient (Wildman–Crippen LogP) is 3.49. The molecule has 0 saturated heterocycles. The lowest BCUT2D eigenvalue weighted by molar-refractivity contribution is -0.123. The molecule has 1 fully saturated rings. The van der Waals surface area contributed by atoms with Crippen molar-refractivity contribution >= 4 is 5.78 Å². The largest absolute Gasteiger partial charge is 0.299 e. The van der Waals surface area contributed by atoms with Crippen LogP contribution in [0.4, 0.5) is 0 Å². The van der Waals surface area contributed by atoms with Gasteiger partial charge >= 0.3 is 0 Å². The topological polar surface area (TPSA) is 17.1 Å². The molecule has 1 aliphatic rings. The van der Waals surface area contributed by atoms with E-state index >= 15 is 0 Å². The average molecular weight is 180 g/mol. The molecule has 13 heavy (non-hydrogen) atoms. The van der Waals surface area contributed by atoms with Gasteiger partial charge in [-0.25, -0.2) is 0 Å². The van der Waals surface area contributed by atoms with Gasteiger partial charge < -0.3 is 0 Å². The van der Waals surface area contributed by atoms with Gasteiger partial charge in [0.15, 0.2) is 0 Å². The Kier molecular flexibility index (Phi) is 4.20. The van der Waals surface area contributed by atoms with Gasteiger partial charge in [0.1, 0.15) is 5.78 Å². The lowest BCUT2D eigenvalue weighted by atomic mass is 9.84. The molecule has 0 aromatic carbocycles. The highest BCUT2D eigenvalue weighted by Gasteiger charge is 2.20. The van der Waals surface area contributed by atoms with E-state index in [4.69, 9.17) is 0 Å². The van der Waals surface area contributed by atoms with Crippen molar-refractivity contribution in [3.8, 4) is 0 Å². The van der Waals surface area contributed by atoms with Crippen LogP contribution in [0.1, 0.15) is 51.9 Å². The molecule has 0 atom stereocenters. The van der Waals surface area contributed by atoms with Crippen molar-refractivity contribution in [2.75, 3.05) is 0 Å². The van der Waals surface area contributed by atoms with Crippen molar-refractivity contribution in [2.24, 2.45) is 5.92 Å². The fraction of sp³-hybridized carbons (Fsp3) is 0.750. The first-order valence-corrected chi connectivity index (χ1v) is 5.37. The quantitative estimate of drug-likeness (QED) is 0.605. The molecule has 1 rings (SSSR count). The minimum atomic E-state index is 0.382. The van der Waals surface area contributed by atoms with Crippen molar-refractivity contribution in [2.45, 2.75) is 51.9 Å². The van der Waals surface area contributed by atoms with E-state index in [0.29, 0.717) is 11.7 Å². The Morgan fingerprint density at radius 2 is 1.85 bits per heavy atom. The zero-order chi connectivity index (χ0) is 9.68. The van der Waals surface area contributed by atoms with E-state index in [0.717, 1.165) is 31.3 Å². The molecule has 74 valence electrons. The number of carbonyl (C=O) groups is 1. The summed E-state index contributed by atoms with van der Waals surface area (Å²) in [6, 6.07) is 0. The van der Waals surface area contributed by atoms with Crippen molar-refractivity contribution < 1.29 is 4.79 Å². The summed E-state index contributed by atoms with van der Waals surface area (Å²) in [5, 5.41) is 0. The fourth-order valence-corrected chi connectivity index (χ4v) is 1.97. The van der Waals surface area contributed by atoms with Crippen molar-refractivity contribution in [3.05, 3.63) is 12.2 Å². The van der Waals surface area contributed by atoms with Gasteiger partial charge in [0, 0.05) is 12.3 Å². The van der Waals surface area contributed by atoms with Gasteiger partial charge in [-0.05, 0) is 26.2 Å². The maximum atomic E-state index is 11.7. The Bertz CT molecular complexity index is 187. The van der Waals surface area contributed by atoms with Gasteiger partial charge in [0.25, 0.3) is 0 Å². The predicted molar refractivity (Wildman–Crippen MR) is 55.6 cm³/mol. The van der Waals surface area contributed by atoms with Gasteiger partial charge in [0.2, 0.25) is 0 Å². The molecule has 0 unspecified atom stereocenters. The van der Waals surface area contributed by atoms with Crippen LogP contribution >= 0.6 is 0 Å². The summed E-state index contributed by atoms with van der Waals surface area (Å²) >= 11 is 0. The summed E-state index contributed by atoms with van der Waals surface area (Å²) in [4.78, 5) is 11.7. The average Bonchev–Trinajstić information content (AvgIpc) is 2.15. The molecule has 0 heterocycles. The standard InChI is InChI=1S/C12H20O/c1-10(2)8-9-12(13)11-6-4-3-5-7-11/h11H,1,3-9H2,2H3. The van der Waals surface area contributed by atoms with E-state index in [-0.39, 0.29) is 0 Å². The smallest absolute Gasteiger partial charge is 0.136 e. The van der Waals surface area contributed by atoms with Crippen LogP contribution in [0.15, 0.2) is 12.2 Å². The molecule has 0 bridgehead atoms. The number of carbonyl (C=O) groups excluding carboxylic acids is 1. The van der Waals surface area contributed by atoms with Gasteiger partial charge in [0.05, 0.1) is 0 Å². The molecule has 1 nitrogen and oxygen atoms in total. The van der Waals surface area contributed by atoms with Crippen molar-refractivity contribution in [3.63, 3.8) is 0 Å². The first-order chi connectivity index (χ1) is 6.20. The second-order valence-corrected chi connectivity index (χ2v) is 4.26. The third kappa shape index (κ3) is 3.75. The van der Waals surface area contributed by atoms with Crippen LogP contribution < -0.4 is 0 Å². The Morgan fingerprint density at radius 3 is 2.38 bits per heavy atom. The van der Waals surface area contributed by atoms with Crippen LogP contribution in [0, 0.1) is 5.92 Å². The van der Waals surface area contributed by atoms with Crippen LogP contribution in [-0.4, -0.2) is 5.78 Å². The SMILES string of the molecule is C=C(C)CCC(=O)C1CCCCC1. The van der Waals surface area contributed by atoms with E-state index < -0.39 is 0 Å². The summed E-state index contributed by atoms with van der Waals surface area (Å²) < 4.78 is 0. The summed E-state index contributed by atoms with van der Waals surface area (Å²) in [7, 11) is 0. The van der Waals surface area contributed by atoms with Crippen LogP contribution in [-0.2, 0) is 4.79 Å². The summed E-state index contributed by atoms with van der Waals surface area (Å²) in [5.41, 5.74) is 1.13. The first-order valence-electron chi connectivity index (χ1n) is 5.37. The molecule has 0 spiro atoms. The van der Waals surface area contributed by atoms with Gasteiger partial charge in [-0.1, -0.05) is 24.8 Å². The second-order valence-electron chi connectivity index (χ2n) is 4.26. The summed E-state index contributed by atoms with van der Waals surface area (Å²) in [6.07, 6.45) is 7.70. The molecular weight excluding hydrogens is 160 g/mol. The highest BCUT2D eigenvalue weighted by atomic mass is 16.1. The van der Waals surface area contributed by atoms with E-state index in [1.165, 1.54) is 19.3 Å². The normalized spacial score (nSPS) is 18.5. The molecule has 0 aromatic rings. The first kappa shape index (κ1) is 10.5. The molecule has 1 saturated carbocycles. The highest BCUT2D eigenvalue weighted by Crippen LogP contribution is 2.25. The zero-order valence-electron chi connectivity index (χ0n) is 8.64. The van der Waals surface area contributed by atoms with E-state index in [1.54, 1.807) is 0 Å². The van der Waals surface area contributed by atoms with Crippen LogP contribution in [0.2, 0.25) is 0 Å². The third-order valence-corrected chi connectivity index (χ3v) is 2.86. The maximum Gasteiger partial charge on any atom is 0.136 e. The summed E-state index contributed by atoms with van der Waals surface area (Å²) in [6.45, 7) is 5.81.